The van der Waals surface area contributed by atoms with Crippen LogP contribution in [0.2, 0.25) is 0 Å². The van der Waals surface area contributed by atoms with Crippen LogP contribution in [-0.2, 0) is 4.79 Å². The number of amides is 2. The van der Waals surface area contributed by atoms with Gasteiger partial charge in [0.15, 0.2) is 0 Å². The molecule has 0 aliphatic carbocycles. The molecule has 1 saturated heterocycles. The van der Waals surface area contributed by atoms with Crippen LogP contribution < -0.4 is 20.9 Å². The standard InChI is InChI=1S/C31H34FN9O3/c1-19(42)34-16-23-5-4-10-40(23)29-9-6-21(15-36-29)39-25-12-26(27-8-7-22-11-20(13-33)14-38-41(22)27)35-17-24(25)30(43)37-18-28(32)31(2,3)44/h6-9,11-12,14-15,17,23,28,44H,4-5,10,16,18H2,1-3H3,(H,34,42)(H,35,39)(H,37,43)/t23-,28+/m0/s1. The van der Waals surface area contributed by atoms with Crippen molar-refractivity contribution in [3.63, 3.8) is 0 Å². The Hall–Kier alpha value is -5.09. The van der Waals surface area contributed by atoms with Crippen LogP contribution in [0.4, 0.5) is 21.6 Å². The summed E-state index contributed by atoms with van der Waals surface area (Å²) >= 11 is 0. The number of aromatic nitrogens is 4. The number of halogens is 1. The summed E-state index contributed by atoms with van der Waals surface area (Å²) in [5.74, 6) is 0.136. The van der Waals surface area contributed by atoms with Crippen LogP contribution in [0.15, 0.2) is 55.0 Å². The summed E-state index contributed by atoms with van der Waals surface area (Å²) < 4.78 is 16.1. The Kier molecular flexibility index (Phi) is 8.73. The smallest absolute Gasteiger partial charge is 0.255 e. The van der Waals surface area contributed by atoms with Gasteiger partial charge in [-0.15, -0.1) is 0 Å². The molecule has 5 heterocycles. The average molecular weight is 600 g/mol. The van der Waals surface area contributed by atoms with E-state index in [1.165, 1.54) is 33.2 Å². The minimum atomic E-state index is -1.68. The van der Waals surface area contributed by atoms with Crippen LogP contribution in [0.5, 0.6) is 0 Å². The molecule has 228 valence electrons. The summed E-state index contributed by atoms with van der Waals surface area (Å²) in [4.78, 5) is 35.9. The lowest BCUT2D eigenvalue weighted by Crippen LogP contribution is -2.42. The highest BCUT2D eigenvalue weighted by Crippen LogP contribution is 2.29. The first-order chi connectivity index (χ1) is 21.0. The van der Waals surface area contributed by atoms with Crippen LogP contribution in [0.25, 0.3) is 16.9 Å². The molecule has 2 atom stereocenters. The molecule has 1 aliphatic heterocycles. The zero-order chi connectivity index (χ0) is 31.4. The Balaban J connectivity index is 1.43. The maximum Gasteiger partial charge on any atom is 0.255 e. The molecule has 0 saturated carbocycles. The van der Waals surface area contributed by atoms with E-state index in [1.807, 2.05) is 24.3 Å². The van der Waals surface area contributed by atoms with E-state index < -0.39 is 17.7 Å². The molecule has 0 bridgehead atoms. The third-order valence-electron chi connectivity index (χ3n) is 7.53. The lowest BCUT2D eigenvalue weighted by atomic mass is 10.0. The monoisotopic (exact) mass is 599 g/mol. The van der Waals surface area contributed by atoms with Gasteiger partial charge in [0.05, 0.1) is 63.9 Å². The highest BCUT2D eigenvalue weighted by molar-refractivity contribution is 6.00. The molecule has 0 spiro atoms. The third-order valence-corrected chi connectivity index (χ3v) is 7.53. The molecule has 12 nitrogen and oxygen atoms in total. The number of nitrogens with one attached hydrogen (secondary N) is 3. The Morgan fingerprint density at radius 3 is 2.68 bits per heavy atom. The fourth-order valence-electron chi connectivity index (χ4n) is 5.06. The zero-order valence-electron chi connectivity index (χ0n) is 24.7. The van der Waals surface area contributed by atoms with E-state index in [-0.39, 0.29) is 24.1 Å². The van der Waals surface area contributed by atoms with Crippen LogP contribution in [0.1, 0.15) is 49.5 Å². The van der Waals surface area contributed by atoms with Crippen molar-refractivity contribution < 1.29 is 19.1 Å². The molecule has 1 aliphatic rings. The molecule has 1 fully saturated rings. The fraction of sp³-hybridized carbons (Fsp3) is 0.355. The Bertz CT molecular complexity index is 1710. The van der Waals surface area contributed by atoms with Gasteiger partial charge < -0.3 is 26.0 Å². The number of fused-ring (bicyclic) bond motifs is 1. The molecule has 4 aromatic rings. The van der Waals surface area contributed by atoms with Crippen LogP contribution in [-0.4, -0.2) is 74.0 Å². The van der Waals surface area contributed by atoms with Gasteiger partial charge >= 0.3 is 0 Å². The SMILES string of the molecule is CC(=O)NC[C@@H]1CCCN1c1ccc(Nc2cc(-c3ccc4cc(C#N)cnn34)ncc2C(=O)NC[C@@H](F)C(C)(C)O)cn1. The molecule has 4 aromatic heterocycles. The summed E-state index contributed by atoms with van der Waals surface area (Å²) in [6, 6.07) is 13.0. The topological polar surface area (TPSA) is 161 Å². The number of hydrogen-bond acceptors (Lipinski definition) is 9. The molecule has 0 aromatic carbocycles. The quantitative estimate of drug-likeness (QED) is 0.214. The second kappa shape index (κ2) is 12.6. The van der Waals surface area contributed by atoms with Gasteiger partial charge in [-0.1, -0.05) is 0 Å². The molecule has 4 N–H and O–H groups in total. The number of carbonyl (C=O) groups is 2. The lowest BCUT2D eigenvalue weighted by molar-refractivity contribution is -0.119. The predicted molar refractivity (Wildman–Crippen MR) is 163 cm³/mol. The third kappa shape index (κ3) is 6.76. The largest absolute Gasteiger partial charge is 0.387 e. The first-order valence-electron chi connectivity index (χ1n) is 14.3. The van der Waals surface area contributed by atoms with E-state index in [2.05, 4.69) is 42.0 Å². The highest BCUT2D eigenvalue weighted by Gasteiger charge is 2.28. The van der Waals surface area contributed by atoms with Crippen LogP contribution in [0.3, 0.4) is 0 Å². The zero-order valence-corrected chi connectivity index (χ0v) is 24.7. The first kappa shape index (κ1) is 30.4. The average Bonchev–Trinajstić information content (AvgIpc) is 3.65. The van der Waals surface area contributed by atoms with Crippen molar-refractivity contribution in [1.29, 1.82) is 5.26 Å². The van der Waals surface area contributed by atoms with Crippen molar-refractivity contribution in [2.75, 3.05) is 29.9 Å². The number of carbonyl (C=O) groups excluding carboxylic acids is 2. The van der Waals surface area contributed by atoms with Crippen molar-refractivity contribution in [2.45, 2.75) is 51.4 Å². The minimum absolute atomic E-state index is 0.0705. The molecule has 44 heavy (non-hydrogen) atoms. The molecule has 13 heteroatoms. The summed E-state index contributed by atoms with van der Waals surface area (Å²) in [5.41, 5.74) is 1.82. The normalized spacial score (nSPS) is 15.5. The van der Waals surface area contributed by atoms with E-state index in [4.69, 9.17) is 0 Å². The number of pyridine rings is 2. The Morgan fingerprint density at radius 1 is 1.16 bits per heavy atom. The number of nitrogens with zero attached hydrogens (tertiary/aromatic N) is 6. The van der Waals surface area contributed by atoms with Crippen LogP contribution in [0, 0.1) is 11.3 Å². The summed E-state index contributed by atoms with van der Waals surface area (Å²) in [5, 5.41) is 32.2. The van der Waals surface area contributed by atoms with E-state index in [9.17, 15) is 24.3 Å². The predicted octanol–water partition coefficient (Wildman–Crippen LogP) is 3.35. The molecule has 2 amide bonds. The maximum absolute atomic E-state index is 14.4. The molecular formula is C31H34FN9O3. The highest BCUT2D eigenvalue weighted by atomic mass is 19.1. The van der Waals surface area contributed by atoms with Gasteiger partial charge in [0.2, 0.25) is 5.91 Å². The summed E-state index contributed by atoms with van der Waals surface area (Å²) in [6.07, 6.45) is 4.79. The first-order valence-corrected chi connectivity index (χ1v) is 14.3. The van der Waals surface area contributed by atoms with Gasteiger partial charge in [-0.2, -0.15) is 10.4 Å². The lowest BCUT2D eigenvalue weighted by Gasteiger charge is -2.26. The number of rotatable bonds is 10. The molecular weight excluding hydrogens is 565 g/mol. The number of anilines is 3. The van der Waals surface area contributed by atoms with Gasteiger partial charge in [-0.05, 0) is 63.1 Å². The van der Waals surface area contributed by atoms with Gasteiger partial charge in [-0.3, -0.25) is 14.6 Å². The van der Waals surface area contributed by atoms with E-state index >= 15 is 0 Å². The number of hydrogen-bond donors (Lipinski definition) is 4. The Morgan fingerprint density at radius 2 is 1.98 bits per heavy atom. The van der Waals surface area contributed by atoms with Crippen molar-refractivity contribution in [3.05, 3.63) is 66.1 Å². The van der Waals surface area contributed by atoms with Crippen molar-refractivity contribution in [2.24, 2.45) is 0 Å². The van der Waals surface area contributed by atoms with Crippen molar-refractivity contribution >= 4 is 34.5 Å². The summed E-state index contributed by atoms with van der Waals surface area (Å²) in [7, 11) is 0. The second-order valence-electron chi connectivity index (χ2n) is 11.3. The maximum atomic E-state index is 14.4. The number of alkyl halides is 1. The van der Waals surface area contributed by atoms with Crippen molar-refractivity contribution in [1.82, 2.24) is 30.2 Å². The van der Waals surface area contributed by atoms with E-state index in [1.54, 1.807) is 22.8 Å². The Labute approximate surface area is 253 Å². The number of nitriles is 1. The van der Waals surface area contributed by atoms with Crippen molar-refractivity contribution in [3.8, 4) is 17.5 Å². The van der Waals surface area contributed by atoms with Gasteiger partial charge in [-0.25, -0.2) is 13.9 Å². The molecule has 0 unspecified atom stereocenters. The molecule has 5 rings (SSSR count). The van der Waals surface area contributed by atoms with Crippen LogP contribution >= 0.6 is 0 Å². The second-order valence-corrected chi connectivity index (χ2v) is 11.3. The minimum Gasteiger partial charge on any atom is -0.387 e. The van der Waals surface area contributed by atoms with E-state index in [0.717, 1.165) is 25.2 Å². The fourth-order valence-corrected chi connectivity index (χ4v) is 5.06. The molecule has 0 radical (unpaired) electrons. The van der Waals surface area contributed by atoms with Gasteiger partial charge in [0.25, 0.3) is 5.91 Å². The van der Waals surface area contributed by atoms with Gasteiger partial charge in [0.1, 0.15) is 18.1 Å². The van der Waals surface area contributed by atoms with Gasteiger partial charge in [0, 0.05) is 32.3 Å². The van der Waals surface area contributed by atoms with E-state index in [0.29, 0.717) is 40.4 Å². The summed E-state index contributed by atoms with van der Waals surface area (Å²) in [6.45, 7) is 5.16. The number of aliphatic hydroxyl groups is 1.